The summed E-state index contributed by atoms with van der Waals surface area (Å²) in [6.07, 6.45) is 0. The average molecular weight is 365 g/mol. The van der Waals surface area contributed by atoms with Gasteiger partial charge in [0.2, 0.25) is 0 Å². The van der Waals surface area contributed by atoms with Gasteiger partial charge in [0.05, 0.1) is 23.2 Å². The number of nitrogens with one attached hydrogen (secondary N) is 2. The molecule has 3 aromatic rings. The first kappa shape index (κ1) is 16.9. The molecule has 1 atom stereocenters. The molecule has 0 aliphatic carbocycles. The third-order valence-electron chi connectivity index (χ3n) is 3.72. The number of halogens is 1. The Morgan fingerprint density at radius 3 is 2.96 bits per heavy atom. The van der Waals surface area contributed by atoms with E-state index in [1.54, 1.807) is 18.2 Å². The number of benzene rings is 1. The lowest BCUT2D eigenvalue weighted by molar-refractivity contribution is 0.0933. The second-order valence-corrected chi connectivity index (χ2v) is 6.95. The van der Waals surface area contributed by atoms with E-state index in [1.807, 2.05) is 13.0 Å². The number of aromatic nitrogens is 2. The molecule has 126 valence electrons. The van der Waals surface area contributed by atoms with Crippen molar-refractivity contribution in [2.24, 2.45) is 5.73 Å². The topological polar surface area (TPSA) is 104 Å². The highest BCUT2D eigenvalue weighted by Crippen LogP contribution is 2.24. The summed E-state index contributed by atoms with van der Waals surface area (Å²) in [6, 6.07) is 6.72. The molecule has 0 aliphatic rings. The Labute approximate surface area is 147 Å². The van der Waals surface area contributed by atoms with Gasteiger partial charge in [-0.3, -0.25) is 4.79 Å². The van der Waals surface area contributed by atoms with Crippen molar-refractivity contribution in [3.05, 3.63) is 50.6 Å². The van der Waals surface area contributed by atoms with E-state index in [4.69, 9.17) is 17.3 Å². The van der Waals surface area contributed by atoms with Gasteiger partial charge in [-0.05, 0) is 31.2 Å². The lowest BCUT2D eigenvalue weighted by atomic mass is 10.2. The number of fused-ring (bicyclic) bond motifs is 1. The van der Waals surface area contributed by atoms with Crippen LogP contribution in [-0.2, 0) is 6.61 Å². The Kier molecular flexibility index (Phi) is 4.86. The number of aromatic amines is 1. The molecule has 6 nitrogen and oxygen atoms in total. The Balaban J connectivity index is 1.82. The molecule has 0 radical (unpaired) electrons. The van der Waals surface area contributed by atoms with Crippen LogP contribution in [0.4, 0.5) is 0 Å². The SMILES string of the molecule is Cc1nc([C@H](CN)NC(=O)c2cc3cc(Cl)ccc3[nH]2)sc1CO. The number of hydrogen-bond donors (Lipinski definition) is 4. The maximum absolute atomic E-state index is 12.5. The Morgan fingerprint density at radius 1 is 1.50 bits per heavy atom. The zero-order chi connectivity index (χ0) is 17.3. The van der Waals surface area contributed by atoms with Gasteiger partial charge < -0.3 is 21.1 Å². The highest BCUT2D eigenvalue weighted by Gasteiger charge is 2.20. The fraction of sp³-hybridized carbons (Fsp3) is 0.250. The summed E-state index contributed by atoms with van der Waals surface area (Å²) in [5, 5.41) is 14.3. The third-order valence-corrected chi connectivity index (χ3v) is 5.21. The number of carbonyl (C=O) groups is 1. The number of nitrogens with zero attached hydrogens (tertiary/aromatic N) is 1. The molecule has 0 fully saturated rings. The van der Waals surface area contributed by atoms with Crippen LogP contribution in [0, 0.1) is 6.92 Å². The maximum atomic E-state index is 12.5. The van der Waals surface area contributed by atoms with Crippen molar-refractivity contribution in [3.63, 3.8) is 0 Å². The molecule has 1 amide bonds. The summed E-state index contributed by atoms with van der Waals surface area (Å²) in [5.41, 5.74) is 7.81. The largest absolute Gasteiger partial charge is 0.391 e. The number of aryl methyl sites for hydroxylation is 1. The van der Waals surface area contributed by atoms with E-state index in [9.17, 15) is 9.90 Å². The predicted molar refractivity (Wildman–Crippen MR) is 95.3 cm³/mol. The van der Waals surface area contributed by atoms with E-state index in [0.717, 1.165) is 21.5 Å². The monoisotopic (exact) mass is 364 g/mol. The molecule has 8 heteroatoms. The van der Waals surface area contributed by atoms with Gasteiger partial charge in [-0.1, -0.05) is 11.6 Å². The van der Waals surface area contributed by atoms with E-state index < -0.39 is 6.04 Å². The summed E-state index contributed by atoms with van der Waals surface area (Å²) in [5.74, 6) is -0.267. The summed E-state index contributed by atoms with van der Waals surface area (Å²) >= 11 is 7.32. The van der Waals surface area contributed by atoms with Crippen LogP contribution in [0.25, 0.3) is 10.9 Å². The lowest BCUT2D eigenvalue weighted by Crippen LogP contribution is -2.33. The van der Waals surface area contributed by atoms with E-state index in [0.29, 0.717) is 15.7 Å². The lowest BCUT2D eigenvalue weighted by Gasteiger charge is -2.13. The standard InChI is InChI=1S/C16H17ClN4O2S/c1-8-14(7-22)24-16(19-8)13(6-18)21-15(23)12-5-9-4-10(17)2-3-11(9)20-12/h2-5,13,20,22H,6-7,18H2,1H3,(H,21,23)/t13-/m0/s1. The minimum absolute atomic E-state index is 0.0719. The van der Waals surface area contributed by atoms with Gasteiger partial charge >= 0.3 is 0 Å². The van der Waals surface area contributed by atoms with E-state index in [2.05, 4.69) is 15.3 Å². The summed E-state index contributed by atoms with van der Waals surface area (Å²) in [4.78, 5) is 20.7. The molecule has 24 heavy (non-hydrogen) atoms. The second kappa shape index (κ2) is 6.90. The van der Waals surface area contributed by atoms with Gasteiger partial charge in [0.1, 0.15) is 10.7 Å². The minimum atomic E-state index is -0.406. The summed E-state index contributed by atoms with van der Waals surface area (Å²) in [6.45, 7) is 1.97. The molecule has 0 spiro atoms. The maximum Gasteiger partial charge on any atom is 0.268 e. The summed E-state index contributed by atoms with van der Waals surface area (Å²) in [7, 11) is 0. The molecule has 0 bridgehead atoms. The van der Waals surface area contributed by atoms with Crippen LogP contribution in [0.3, 0.4) is 0 Å². The molecule has 5 N–H and O–H groups in total. The highest BCUT2D eigenvalue weighted by molar-refractivity contribution is 7.11. The molecule has 0 saturated carbocycles. The molecule has 3 rings (SSSR count). The van der Waals surface area contributed by atoms with Gasteiger partial charge in [-0.15, -0.1) is 11.3 Å². The van der Waals surface area contributed by atoms with Gasteiger partial charge in [0.15, 0.2) is 0 Å². The first-order valence-corrected chi connectivity index (χ1v) is 8.57. The number of hydrogen-bond acceptors (Lipinski definition) is 5. The molecule has 0 saturated heterocycles. The average Bonchev–Trinajstić information content (AvgIpc) is 3.15. The van der Waals surface area contributed by atoms with Crippen molar-refractivity contribution in [1.29, 1.82) is 0 Å². The third kappa shape index (κ3) is 3.29. The first-order valence-electron chi connectivity index (χ1n) is 7.38. The van der Waals surface area contributed by atoms with Gasteiger partial charge in [-0.2, -0.15) is 0 Å². The number of rotatable bonds is 5. The van der Waals surface area contributed by atoms with Crippen LogP contribution < -0.4 is 11.1 Å². The van der Waals surface area contributed by atoms with E-state index in [1.165, 1.54) is 11.3 Å². The van der Waals surface area contributed by atoms with Crippen molar-refractivity contribution >= 4 is 39.7 Å². The smallest absolute Gasteiger partial charge is 0.268 e. The van der Waals surface area contributed by atoms with Crippen molar-refractivity contribution < 1.29 is 9.90 Å². The van der Waals surface area contributed by atoms with Gasteiger partial charge in [-0.25, -0.2) is 4.98 Å². The number of aliphatic hydroxyl groups is 1. The van der Waals surface area contributed by atoms with Crippen molar-refractivity contribution in [1.82, 2.24) is 15.3 Å². The Morgan fingerprint density at radius 2 is 2.29 bits per heavy atom. The van der Waals surface area contributed by atoms with Crippen LogP contribution in [0.2, 0.25) is 5.02 Å². The molecule has 0 unspecified atom stereocenters. The molecule has 0 aliphatic heterocycles. The second-order valence-electron chi connectivity index (χ2n) is 5.40. The summed E-state index contributed by atoms with van der Waals surface area (Å²) < 4.78 is 0. The molecular formula is C16H17ClN4O2S. The number of amides is 1. The minimum Gasteiger partial charge on any atom is -0.391 e. The van der Waals surface area contributed by atoms with Crippen LogP contribution in [0.5, 0.6) is 0 Å². The first-order chi connectivity index (χ1) is 11.5. The van der Waals surface area contributed by atoms with Crippen LogP contribution in [-0.4, -0.2) is 27.5 Å². The van der Waals surface area contributed by atoms with Gasteiger partial charge in [0, 0.05) is 22.5 Å². The van der Waals surface area contributed by atoms with Crippen molar-refractivity contribution in [2.45, 2.75) is 19.6 Å². The number of H-pyrrole nitrogens is 1. The predicted octanol–water partition coefficient (Wildman–Crippen LogP) is 2.51. The molecule has 1 aromatic carbocycles. The fourth-order valence-corrected chi connectivity index (χ4v) is 3.60. The molecule has 2 heterocycles. The highest BCUT2D eigenvalue weighted by atomic mass is 35.5. The number of thiazole rings is 1. The van der Waals surface area contributed by atoms with Crippen LogP contribution >= 0.6 is 22.9 Å². The van der Waals surface area contributed by atoms with E-state index >= 15 is 0 Å². The van der Waals surface area contributed by atoms with Crippen molar-refractivity contribution in [3.8, 4) is 0 Å². The Hall–Kier alpha value is -1.93. The van der Waals surface area contributed by atoms with Crippen LogP contribution in [0.15, 0.2) is 24.3 Å². The quantitative estimate of drug-likeness (QED) is 0.558. The zero-order valence-electron chi connectivity index (χ0n) is 13.0. The van der Waals surface area contributed by atoms with Crippen molar-refractivity contribution in [2.75, 3.05) is 6.54 Å². The number of nitrogens with two attached hydrogens (primary N) is 1. The normalized spacial score (nSPS) is 12.5. The van der Waals surface area contributed by atoms with E-state index in [-0.39, 0.29) is 19.1 Å². The Bertz CT molecular complexity index is 889. The van der Waals surface area contributed by atoms with Gasteiger partial charge in [0.25, 0.3) is 5.91 Å². The number of aliphatic hydroxyl groups excluding tert-OH is 1. The van der Waals surface area contributed by atoms with Crippen LogP contribution in [0.1, 0.15) is 32.1 Å². The zero-order valence-corrected chi connectivity index (χ0v) is 14.5. The molecular weight excluding hydrogens is 348 g/mol. The fourth-order valence-electron chi connectivity index (χ4n) is 2.43. The number of carbonyl (C=O) groups excluding carboxylic acids is 1. The molecule has 2 aromatic heterocycles.